The van der Waals surface area contributed by atoms with Gasteiger partial charge in [0.2, 0.25) is 0 Å². The molecule has 0 unspecified atom stereocenters. The van der Waals surface area contributed by atoms with Crippen molar-refractivity contribution in [3.8, 4) is 0 Å². The van der Waals surface area contributed by atoms with Gasteiger partial charge in [0.25, 0.3) is 0 Å². The summed E-state index contributed by atoms with van der Waals surface area (Å²) >= 11 is 7.97. The Morgan fingerprint density at radius 2 is 2.29 bits per heavy atom. The van der Waals surface area contributed by atoms with Crippen LogP contribution in [0.3, 0.4) is 0 Å². The topological polar surface area (TPSA) is 38.1 Å². The highest BCUT2D eigenvalue weighted by Crippen LogP contribution is 2.31. The van der Waals surface area contributed by atoms with Crippen LogP contribution in [0.2, 0.25) is 0 Å². The molecule has 0 bridgehead atoms. The van der Waals surface area contributed by atoms with E-state index in [1.54, 1.807) is 6.20 Å². The lowest BCUT2D eigenvalue weighted by molar-refractivity contribution is 1.22. The highest BCUT2D eigenvalue weighted by Gasteiger charge is 2.04. The second kappa shape index (κ2) is 3.92. The van der Waals surface area contributed by atoms with Crippen molar-refractivity contribution in [2.75, 3.05) is 0 Å². The third-order valence-electron chi connectivity index (χ3n) is 1.77. The average Bonchev–Trinajstić information content (AvgIpc) is 2.23. The van der Waals surface area contributed by atoms with E-state index >= 15 is 0 Å². The summed E-state index contributed by atoms with van der Waals surface area (Å²) in [6.07, 6.45) is 3.24. The number of fused-ring (bicyclic) bond motifs is 1. The lowest BCUT2D eigenvalue weighted by Crippen LogP contribution is -1.81. The van der Waals surface area contributed by atoms with Crippen molar-refractivity contribution in [2.45, 2.75) is 0 Å². The standard InChI is InChI=1S/C9H4BrN3S/c10-9-6-3-11-4-12-7(6)1-2-8(9)13-5-14/h1-4H. The number of thiocarbonyl (C=S) groups is 1. The fourth-order valence-electron chi connectivity index (χ4n) is 1.15. The van der Waals surface area contributed by atoms with Gasteiger partial charge in [-0.25, -0.2) is 9.97 Å². The first-order valence-corrected chi connectivity index (χ1v) is 4.99. The monoisotopic (exact) mass is 265 g/mol. The summed E-state index contributed by atoms with van der Waals surface area (Å²) in [4.78, 5) is 12.0. The molecule has 1 heterocycles. The largest absolute Gasteiger partial charge is 0.244 e. The minimum atomic E-state index is 0.738. The molecule has 14 heavy (non-hydrogen) atoms. The van der Waals surface area contributed by atoms with Crippen LogP contribution in [-0.2, 0) is 0 Å². The van der Waals surface area contributed by atoms with Crippen molar-refractivity contribution in [2.24, 2.45) is 4.99 Å². The number of hydrogen-bond donors (Lipinski definition) is 0. The van der Waals surface area contributed by atoms with Gasteiger partial charge >= 0.3 is 0 Å². The van der Waals surface area contributed by atoms with Gasteiger partial charge in [-0.3, -0.25) is 0 Å². The molecule has 0 aliphatic heterocycles. The Kier molecular flexibility index (Phi) is 2.63. The smallest absolute Gasteiger partial charge is 0.116 e. The average molecular weight is 266 g/mol. The molecular formula is C9H4BrN3S. The molecule has 0 saturated heterocycles. The molecular weight excluding hydrogens is 262 g/mol. The molecule has 2 rings (SSSR count). The van der Waals surface area contributed by atoms with E-state index in [4.69, 9.17) is 0 Å². The fraction of sp³-hybridized carbons (Fsp3) is 0. The van der Waals surface area contributed by atoms with Crippen LogP contribution in [0.15, 0.2) is 34.1 Å². The van der Waals surface area contributed by atoms with Crippen molar-refractivity contribution in [3.63, 3.8) is 0 Å². The summed E-state index contributed by atoms with van der Waals surface area (Å²) in [5, 5.41) is 3.24. The lowest BCUT2D eigenvalue weighted by Gasteiger charge is -2.00. The van der Waals surface area contributed by atoms with Gasteiger partial charge in [-0.2, -0.15) is 4.99 Å². The Hall–Kier alpha value is -1.16. The van der Waals surface area contributed by atoms with Gasteiger partial charge in [0.05, 0.1) is 20.8 Å². The summed E-state index contributed by atoms with van der Waals surface area (Å²) < 4.78 is 0.841. The Balaban J connectivity index is 2.81. The Morgan fingerprint density at radius 3 is 3.07 bits per heavy atom. The van der Waals surface area contributed by atoms with Crippen LogP contribution in [0.25, 0.3) is 10.9 Å². The van der Waals surface area contributed by atoms with Gasteiger partial charge in [0.1, 0.15) is 6.33 Å². The molecule has 0 amide bonds. The number of isothiocyanates is 1. The minimum absolute atomic E-state index is 0.738. The minimum Gasteiger partial charge on any atom is -0.244 e. The second-order valence-corrected chi connectivity index (χ2v) is 3.53. The third-order valence-corrected chi connectivity index (χ3v) is 2.69. The summed E-state index contributed by atoms with van der Waals surface area (Å²) in [6, 6.07) is 3.70. The zero-order chi connectivity index (χ0) is 9.97. The first-order valence-electron chi connectivity index (χ1n) is 3.79. The number of halogens is 1. The Bertz CT molecular complexity index is 535. The predicted octanol–water partition coefficient (Wildman–Crippen LogP) is 3.13. The van der Waals surface area contributed by atoms with Crippen molar-refractivity contribution in [3.05, 3.63) is 29.1 Å². The van der Waals surface area contributed by atoms with Crippen LogP contribution in [0.1, 0.15) is 0 Å². The molecule has 5 heteroatoms. The molecule has 0 aliphatic rings. The van der Waals surface area contributed by atoms with Gasteiger partial charge in [-0.1, -0.05) is 0 Å². The zero-order valence-corrected chi connectivity index (χ0v) is 9.34. The molecule has 0 spiro atoms. The van der Waals surface area contributed by atoms with Gasteiger partial charge in [0, 0.05) is 11.6 Å². The molecule has 68 valence electrons. The molecule has 0 aliphatic carbocycles. The Morgan fingerprint density at radius 1 is 1.43 bits per heavy atom. The van der Waals surface area contributed by atoms with Gasteiger partial charge < -0.3 is 0 Å². The number of aromatic nitrogens is 2. The van der Waals surface area contributed by atoms with Crippen LogP contribution in [0.5, 0.6) is 0 Å². The predicted molar refractivity (Wildman–Crippen MR) is 61.9 cm³/mol. The maximum Gasteiger partial charge on any atom is 0.116 e. The summed E-state index contributed by atoms with van der Waals surface area (Å²) in [5.41, 5.74) is 1.61. The maximum atomic E-state index is 4.55. The molecule has 1 aromatic carbocycles. The van der Waals surface area contributed by atoms with Crippen LogP contribution < -0.4 is 0 Å². The quantitative estimate of drug-likeness (QED) is 0.588. The molecule has 0 fully saturated rings. The highest BCUT2D eigenvalue weighted by atomic mass is 79.9. The molecule has 0 radical (unpaired) electrons. The van der Waals surface area contributed by atoms with E-state index in [0.717, 1.165) is 21.1 Å². The van der Waals surface area contributed by atoms with E-state index in [9.17, 15) is 0 Å². The first-order chi connectivity index (χ1) is 6.83. The van der Waals surface area contributed by atoms with Crippen LogP contribution >= 0.6 is 28.1 Å². The maximum absolute atomic E-state index is 4.55. The third kappa shape index (κ3) is 1.57. The lowest BCUT2D eigenvalue weighted by atomic mass is 10.2. The summed E-state index contributed by atoms with van der Waals surface area (Å²) in [7, 11) is 0. The molecule has 0 saturated carbocycles. The van der Waals surface area contributed by atoms with Crippen molar-refractivity contribution >= 4 is 49.9 Å². The van der Waals surface area contributed by atoms with Gasteiger partial charge in [-0.05, 0) is 40.3 Å². The van der Waals surface area contributed by atoms with Gasteiger partial charge in [0.15, 0.2) is 0 Å². The van der Waals surface area contributed by atoms with Crippen LogP contribution in [-0.4, -0.2) is 15.1 Å². The summed E-state index contributed by atoms with van der Waals surface area (Å²) in [6.45, 7) is 0. The molecule has 0 N–H and O–H groups in total. The molecule has 3 nitrogen and oxygen atoms in total. The number of nitrogens with zero attached hydrogens (tertiary/aromatic N) is 3. The number of benzene rings is 1. The van der Waals surface area contributed by atoms with E-state index < -0.39 is 0 Å². The highest BCUT2D eigenvalue weighted by molar-refractivity contribution is 9.10. The normalized spacial score (nSPS) is 9.79. The van der Waals surface area contributed by atoms with Crippen molar-refractivity contribution in [1.29, 1.82) is 0 Å². The van der Waals surface area contributed by atoms with E-state index in [1.807, 2.05) is 12.1 Å². The van der Waals surface area contributed by atoms with Crippen LogP contribution in [0.4, 0.5) is 5.69 Å². The first kappa shape index (κ1) is 9.40. The molecule has 2 aromatic rings. The van der Waals surface area contributed by atoms with E-state index in [2.05, 4.69) is 48.3 Å². The summed E-state index contributed by atoms with van der Waals surface area (Å²) in [5.74, 6) is 0. The second-order valence-electron chi connectivity index (χ2n) is 2.56. The van der Waals surface area contributed by atoms with E-state index in [1.165, 1.54) is 6.33 Å². The molecule has 1 aromatic heterocycles. The number of aliphatic imine (C=N–C) groups is 1. The van der Waals surface area contributed by atoms with Crippen molar-refractivity contribution in [1.82, 2.24) is 9.97 Å². The van der Waals surface area contributed by atoms with E-state index in [0.29, 0.717) is 0 Å². The van der Waals surface area contributed by atoms with E-state index in [-0.39, 0.29) is 0 Å². The Labute approximate surface area is 94.0 Å². The SMILES string of the molecule is S=C=Nc1ccc2ncncc2c1Br. The van der Waals surface area contributed by atoms with Crippen LogP contribution in [0, 0.1) is 0 Å². The number of hydrogen-bond acceptors (Lipinski definition) is 4. The van der Waals surface area contributed by atoms with Gasteiger partial charge in [-0.15, -0.1) is 0 Å². The fourth-order valence-corrected chi connectivity index (χ4v) is 1.77. The van der Waals surface area contributed by atoms with Crippen molar-refractivity contribution < 1.29 is 0 Å². The molecule has 0 atom stereocenters. The zero-order valence-electron chi connectivity index (χ0n) is 6.94. The number of rotatable bonds is 1.